The number of hydrogen-bond acceptors (Lipinski definition) is 0. The monoisotopic (exact) mass is 728 g/mol. The molecule has 4 aromatic rings. The Morgan fingerprint density at radius 3 is 0.676 bits per heavy atom. The second-order valence-corrected chi connectivity index (χ2v) is 9.52. The molecule has 0 saturated carbocycles. The third-order valence-electron chi connectivity index (χ3n) is 6.04. The predicted molar refractivity (Wildman–Crippen MR) is 168 cm³/mol. The normalized spacial score (nSPS) is 9.84. The van der Waals surface area contributed by atoms with Gasteiger partial charge in [0.15, 0.2) is 0 Å². The van der Waals surface area contributed by atoms with Crippen LogP contribution in [0.25, 0.3) is 0 Å². The van der Waals surface area contributed by atoms with Gasteiger partial charge in [-0.1, -0.05) is 72.2 Å². The molecule has 0 atom stereocenters. The van der Waals surface area contributed by atoms with Crippen LogP contribution in [0.2, 0.25) is 0 Å². The van der Waals surface area contributed by atoms with E-state index in [0.717, 1.165) is 44.5 Å². The summed E-state index contributed by atoms with van der Waals surface area (Å²) < 4.78 is 0. The van der Waals surface area contributed by atoms with Crippen LogP contribution in [0, 0.1) is 43.0 Å². The first-order chi connectivity index (χ1) is 18.1. The molecule has 0 radical (unpaired) electrons. The minimum Gasteiger partial charge on any atom is -0.0562 e. The molecule has 0 unspecified atom stereocenters. The Labute approximate surface area is 251 Å². The minimum absolute atomic E-state index is 0.610. The Kier molecular flexibility index (Phi) is 9.53. The lowest BCUT2D eigenvalue weighted by molar-refractivity contribution is 0.744. The average Bonchev–Trinajstić information content (AvgIpc) is 2.93. The van der Waals surface area contributed by atoms with Gasteiger partial charge in [0.1, 0.15) is 0 Å². The summed E-state index contributed by atoms with van der Waals surface area (Å²) in [7, 11) is 0. The second-order valence-electron chi connectivity index (χ2n) is 7.94. The standard InChI is InChI=1S/C33H16Br4/c34-21-17-25-1-9-29(10-2-25)33(30-11-3-26(4-12-30)18-22-35,31-13-5-27(6-14-31)19-23-36)32-15-7-28(8-16-32)20-24-37/h1-16H. The van der Waals surface area contributed by atoms with Crippen LogP contribution in [0.15, 0.2) is 97.1 Å². The quantitative estimate of drug-likeness (QED) is 0.145. The fourth-order valence-corrected chi connectivity index (χ4v) is 5.35. The summed E-state index contributed by atoms with van der Waals surface area (Å²) in [5.41, 5.74) is 7.59. The average molecular weight is 732 g/mol. The summed E-state index contributed by atoms with van der Waals surface area (Å²) in [5, 5.41) is 0. The highest BCUT2D eigenvalue weighted by Crippen LogP contribution is 2.45. The lowest BCUT2D eigenvalue weighted by atomic mass is 9.65. The lowest BCUT2D eigenvalue weighted by Crippen LogP contribution is -2.31. The molecule has 0 fully saturated rings. The van der Waals surface area contributed by atoms with Crippen LogP contribution in [0.5, 0.6) is 0 Å². The van der Waals surface area contributed by atoms with Gasteiger partial charge in [-0.15, -0.1) is 0 Å². The highest BCUT2D eigenvalue weighted by Gasteiger charge is 2.38. The number of hydrogen-bond donors (Lipinski definition) is 0. The van der Waals surface area contributed by atoms with Crippen LogP contribution >= 0.6 is 63.7 Å². The maximum absolute atomic E-state index is 3.21. The van der Waals surface area contributed by atoms with Crippen molar-refractivity contribution < 1.29 is 0 Å². The van der Waals surface area contributed by atoms with Gasteiger partial charge in [0, 0.05) is 86.0 Å². The third kappa shape index (κ3) is 5.97. The highest BCUT2D eigenvalue weighted by molar-refractivity contribution is 9.12. The van der Waals surface area contributed by atoms with E-state index in [4.69, 9.17) is 0 Å². The van der Waals surface area contributed by atoms with E-state index in [-0.39, 0.29) is 0 Å². The highest BCUT2D eigenvalue weighted by atomic mass is 79.9. The van der Waals surface area contributed by atoms with Crippen LogP contribution in [-0.2, 0) is 5.41 Å². The Morgan fingerprint density at radius 2 is 0.514 bits per heavy atom. The SMILES string of the molecule is BrC#Cc1ccc(C(c2ccc(C#CBr)cc2)(c2ccc(C#CBr)cc2)c2ccc(C#CBr)cc2)cc1. The number of halogens is 4. The first-order valence-corrected chi connectivity index (χ1v) is 14.2. The van der Waals surface area contributed by atoms with Crippen molar-refractivity contribution >= 4 is 63.7 Å². The Balaban J connectivity index is 2.07. The molecule has 4 aromatic carbocycles. The second kappa shape index (κ2) is 13.0. The molecule has 0 heterocycles. The summed E-state index contributed by atoms with van der Waals surface area (Å²) in [6, 6.07) is 33.6. The zero-order valence-electron chi connectivity index (χ0n) is 19.2. The molecule has 0 aromatic heterocycles. The van der Waals surface area contributed by atoms with E-state index >= 15 is 0 Å². The molecule has 0 amide bonds. The largest absolute Gasteiger partial charge is 0.0701 e. The van der Waals surface area contributed by atoms with Crippen LogP contribution in [0.3, 0.4) is 0 Å². The lowest BCUT2D eigenvalue weighted by Gasteiger charge is -2.37. The van der Waals surface area contributed by atoms with Gasteiger partial charge in [-0.2, -0.15) is 0 Å². The number of rotatable bonds is 4. The van der Waals surface area contributed by atoms with Gasteiger partial charge in [0.05, 0.1) is 5.41 Å². The summed E-state index contributed by atoms with van der Waals surface area (Å²) in [5.74, 6) is 12.3. The van der Waals surface area contributed by atoms with Crippen molar-refractivity contribution in [2.75, 3.05) is 0 Å². The van der Waals surface area contributed by atoms with Gasteiger partial charge < -0.3 is 0 Å². The van der Waals surface area contributed by atoms with E-state index in [1.165, 1.54) is 0 Å². The molecule has 0 spiro atoms. The van der Waals surface area contributed by atoms with Gasteiger partial charge in [0.25, 0.3) is 0 Å². The van der Waals surface area contributed by atoms with Crippen LogP contribution in [0.1, 0.15) is 44.5 Å². The fraction of sp³-hybridized carbons (Fsp3) is 0.0303. The maximum Gasteiger partial charge on any atom is 0.0701 e. The van der Waals surface area contributed by atoms with Crippen molar-refractivity contribution in [2.24, 2.45) is 0 Å². The maximum atomic E-state index is 3.21. The zero-order valence-corrected chi connectivity index (χ0v) is 25.6. The predicted octanol–water partition coefficient (Wildman–Crippen LogP) is 8.88. The molecule has 0 bridgehead atoms. The molecule has 176 valence electrons. The molecule has 0 saturated heterocycles. The van der Waals surface area contributed by atoms with Crippen molar-refractivity contribution in [3.63, 3.8) is 0 Å². The van der Waals surface area contributed by atoms with E-state index in [1.54, 1.807) is 0 Å². The Hall–Kier alpha value is -2.96. The molecule has 0 aliphatic rings. The van der Waals surface area contributed by atoms with Gasteiger partial charge >= 0.3 is 0 Å². The van der Waals surface area contributed by atoms with Crippen molar-refractivity contribution in [2.45, 2.75) is 5.41 Å². The molecular formula is C33H16Br4. The molecule has 0 aliphatic carbocycles. The molecule has 4 heteroatoms. The van der Waals surface area contributed by atoms with E-state index in [9.17, 15) is 0 Å². The first-order valence-electron chi connectivity index (χ1n) is 11.0. The molecule has 37 heavy (non-hydrogen) atoms. The molecule has 4 rings (SSSR count). The molecule has 0 aliphatic heterocycles. The first kappa shape index (κ1) is 27.1. The molecule has 0 nitrogen and oxygen atoms in total. The summed E-state index contributed by atoms with van der Waals surface area (Å²) in [4.78, 5) is 11.2. The van der Waals surface area contributed by atoms with Gasteiger partial charge in [-0.25, -0.2) is 0 Å². The van der Waals surface area contributed by atoms with E-state index in [1.807, 2.05) is 0 Å². The Morgan fingerprint density at radius 1 is 0.324 bits per heavy atom. The summed E-state index contributed by atoms with van der Waals surface area (Å²) in [6.45, 7) is 0. The topological polar surface area (TPSA) is 0 Å². The third-order valence-corrected chi connectivity index (χ3v) is 6.83. The van der Waals surface area contributed by atoms with Gasteiger partial charge in [-0.05, 0) is 90.1 Å². The molecular weight excluding hydrogens is 716 g/mol. The number of benzene rings is 4. The fourth-order valence-electron chi connectivity index (χ4n) is 4.43. The zero-order chi connectivity index (χ0) is 26.1. The Bertz CT molecular complexity index is 1380. The van der Waals surface area contributed by atoms with Crippen molar-refractivity contribution in [3.05, 3.63) is 142 Å². The van der Waals surface area contributed by atoms with E-state index in [2.05, 4.69) is 204 Å². The van der Waals surface area contributed by atoms with Gasteiger partial charge in [0.2, 0.25) is 0 Å². The van der Waals surface area contributed by atoms with E-state index < -0.39 is 5.41 Å². The minimum atomic E-state index is -0.610. The summed E-state index contributed by atoms with van der Waals surface area (Å²) in [6.07, 6.45) is 0. The van der Waals surface area contributed by atoms with Crippen LogP contribution in [0.4, 0.5) is 0 Å². The van der Waals surface area contributed by atoms with Gasteiger partial charge in [-0.3, -0.25) is 0 Å². The summed E-state index contributed by atoms with van der Waals surface area (Å²) >= 11 is 12.8. The van der Waals surface area contributed by atoms with Crippen LogP contribution < -0.4 is 0 Å². The van der Waals surface area contributed by atoms with E-state index in [0.29, 0.717) is 0 Å². The van der Waals surface area contributed by atoms with Crippen molar-refractivity contribution in [3.8, 4) is 43.0 Å². The molecule has 0 N–H and O–H groups in total. The van der Waals surface area contributed by atoms with Crippen molar-refractivity contribution in [1.29, 1.82) is 0 Å². The van der Waals surface area contributed by atoms with Crippen molar-refractivity contribution in [1.82, 2.24) is 0 Å². The van der Waals surface area contributed by atoms with Crippen LogP contribution in [-0.4, -0.2) is 0 Å². The smallest absolute Gasteiger partial charge is 0.0562 e.